The highest BCUT2D eigenvalue weighted by Crippen LogP contribution is 2.47. The number of nitrogens with zero attached hydrogens (tertiary/aromatic N) is 4. The average molecular weight is 318 g/mol. The predicted molar refractivity (Wildman–Crippen MR) is 107 cm³/mol. The molecule has 0 spiro atoms. The maximum atomic E-state index is 4.53. The average Bonchev–Trinajstić information content (AvgIpc) is 2.57. The first-order valence-electron chi connectivity index (χ1n) is 7.97. The second-order valence-corrected chi connectivity index (χ2v) is 4.89. The lowest BCUT2D eigenvalue weighted by Gasteiger charge is -2.14. The normalized spacial score (nSPS) is 12.3. The van der Waals surface area contributed by atoms with Crippen LogP contribution in [0.25, 0.3) is 11.1 Å². The highest BCUT2D eigenvalue weighted by molar-refractivity contribution is 5.99. The number of hydrogen-bond donors (Lipinski definition) is 0. The van der Waals surface area contributed by atoms with E-state index in [0.717, 1.165) is 33.9 Å². The maximum absolute atomic E-state index is 4.53. The molecule has 4 heteroatoms. The lowest BCUT2D eigenvalue weighted by Crippen LogP contribution is -1.85. The molecule has 0 fully saturated rings. The van der Waals surface area contributed by atoms with E-state index in [1.165, 1.54) is 0 Å². The topological polar surface area (TPSA) is 49.4 Å². The van der Waals surface area contributed by atoms with E-state index in [9.17, 15) is 0 Å². The number of benzene rings is 2. The summed E-state index contributed by atoms with van der Waals surface area (Å²) in [5.74, 6) is 0. The first-order chi connectivity index (χ1) is 11.8. The van der Waals surface area contributed by atoms with Gasteiger partial charge in [-0.2, -0.15) is 0 Å². The van der Waals surface area contributed by atoms with Crippen LogP contribution in [-0.2, 0) is 0 Å². The van der Waals surface area contributed by atoms with E-state index in [1.54, 1.807) is 24.9 Å². The summed E-state index contributed by atoms with van der Waals surface area (Å²) < 4.78 is 0. The molecule has 0 amide bonds. The van der Waals surface area contributed by atoms with Crippen LogP contribution in [0.1, 0.15) is 27.7 Å². The van der Waals surface area contributed by atoms with Crippen molar-refractivity contribution in [3.05, 3.63) is 36.4 Å². The van der Waals surface area contributed by atoms with Gasteiger partial charge in [-0.3, -0.25) is 20.0 Å². The fourth-order valence-corrected chi connectivity index (χ4v) is 2.56. The van der Waals surface area contributed by atoms with Gasteiger partial charge in [-0.15, -0.1) is 0 Å². The molecule has 0 aliphatic heterocycles. The molecule has 24 heavy (non-hydrogen) atoms. The summed E-state index contributed by atoms with van der Waals surface area (Å²) in [4.78, 5) is 18.1. The molecule has 0 aromatic heterocycles. The minimum absolute atomic E-state index is 0.854. The minimum Gasteiger partial charge on any atom is -0.261 e. The first kappa shape index (κ1) is 17.5. The summed E-state index contributed by atoms with van der Waals surface area (Å²) in [7, 11) is 0. The summed E-state index contributed by atoms with van der Waals surface area (Å²) in [5.41, 5.74) is 5.30. The van der Waals surface area contributed by atoms with Gasteiger partial charge in [0.25, 0.3) is 0 Å². The molecule has 2 aromatic rings. The molecule has 0 saturated heterocycles. The van der Waals surface area contributed by atoms with Gasteiger partial charge in [0.1, 0.15) is 0 Å². The van der Waals surface area contributed by atoms with Crippen LogP contribution in [0.4, 0.5) is 22.7 Å². The van der Waals surface area contributed by atoms with Crippen molar-refractivity contribution in [3.8, 4) is 11.1 Å². The van der Waals surface area contributed by atoms with Crippen LogP contribution >= 0.6 is 0 Å². The molecule has 0 radical (unpaired) electrons. The fourth-order valence-electron chi connectivity index (χ4n) is 2.56. The van der Waals surface area contributed by atoms with Crippen LogP contribution in [0.5, 0.6) is 0 Å². The van der Waals surface area contributed by atoms with Crippen LogP contribution in [0.2, 0.25) is 0 Å². The zero-order chi connectivity index (χ0) is 17.4. The first-order valence-corrected chi connectivity index (χ1v) is 7.97. The maximum Gasteiger partial charge on any atom is 0.0727 e. The van der Waals surface area contributed by atoms with E-state index in [-0.39, 0.29) is 0 Å². The van der Waals surface area contributed by atoms with Gasteiger partial charge in [-0.1, -0.05) is 12.1 Å². The van der Waals surface area contributed by atoms with Crippen molar-refractivity contribution < 1.29 is 0 Å². The van der Waals surface area contributed by atoms with Crippen LogP contribution in [-0.4, -0.2) is 24.9 Å². The van der Waals surface area contributed by atoms with Crippen molar-refractivity contribution in [2.75, 3.05) is 0 Å². The van der Waals surface area contributed by atoms with E-state index in [0.29, 0.717) is 0 Å². The third-order valence-corrected chi connectivity index (χ3v) is 3.36. The van der Waals surface area contributed by atoms with E-state index in [4.69, 9.17) is 0 Å². The van der Waals surface area contributed by atoms with E-state index < -0.39 is 0 Å². The zero-order valence-electron chi connectivity index (χ0n) is 14.6. The molecule has 4 nitrogen and oxygen atoms in total. The van der Waals surface area contributed by atoms with Crippen molar-refractivity contribution in [2.45, 2.75) is 27.7 Å². The van der Waals surface area contributed by atoms with Gasteiger partial charge in [0, 0.05) is 36.0 Å². The minimum atomic E-state index is 0.854. The quantitative estimate of drug-likeness (QED) is 0.586. The Balaban J connectivity index is 2.93. The molecule has 0 unspecified atom stereocenters. The molecule has 0 heterocycles. The third kappa shape index (κ3) is 3.71. The summed E-state index contributed by atoms with van der Waals surface area (Å²) in [6, 6.07) is 11.9. The van der Waals surface area contributed by atoms with Gasteiger partial charge >= 0.3 is 0 Å². The standard InChI is InChI=1S/C20H22N4/c1-5-21-15-11-9-12-16(22-6-2)19(15)20-17(23-7-3)13-10-14-18(20)24-8-4/h5-14H,1-4H3/b21-5-,22-6-,23-7-,24-8-. The Morgan fingerprint density at radius 1 is 0.500 bits per heavy atom. The molecule has 2 rings (SSSR count). The van der Waals surface area contributed by atoms with Crippen LogP contribution < -0.4 is 0 Å². The van der Waals surface area contributed by atoms with Crippen LogP contribution in [0, 0.1) is 0 Å². The summed E-state index contributed by atoms with van der Waals surface area (Å²) in [6.45, 7) is 7.61. The second-order valence-electron chi connectivity index (χ2n) is 4.89. The van der Waals surface area contributed by atoms with Crippen molar-refractivity contribution in [3.63, 3.8) is 0 Å². The Kier molecular flexibility index (Phi) is 6.32. The van der Waals surface area contributed by atoms with E-state index in [1.807, 2.05) is 64.1 Å². The summed E-state index contributed by atoms with van der Waals surface area (Å²) >= 11 is 0. The summed E-state index contributed by atoms with van der Waals surface area (Å²) in [5, 5.41) is 0. The lowest BCUT2D eigenvalue weighted by atomic mass is 9.98. The Morgan fingerprint density at radius 3 is 0.958 bits per heavy atom. The van der Waals surface area contributed by atoms with E-state index in [2.05, 4.69) is 20.0 Å². The van der Waals surface area contributed by atoms with Gasteiger partial charge in [0.15, 0.2) is 0 Å². The van der Waals surface area contributed by atoms with Crippen LogP contribution in [0.3, 0.4) is 0 Å². The fraction of sp³-hybridized carbons (Fsp3) is 0.200. The van der Waals surface area contributed by atoms with Gasteiger partial charge in [-0.05, 0) is 52.0 Å². The SMILES string of the molecule is C/C=N\c1cccc(/N=C\C)c1-c1c(/N=C\C)cccc1/N=C\C. The molecular weight excluding hydrogens is 296 g/mol. The molecule has 0 N–H and O–H groups in total. The molecule has 122 valence electrons. The zero-order valence-corrected chi connectivity index (χ0v) is 14.6. The Hall–Kier alpha value is -2.88. The Labute approximate surface area is 143 Å². The molecule has 0 aliphatic rings. The van der Waals surface area contributed by atoms with Crippen LogP contribution in [0.15, 0.2) is 56.4 Å². The van der Waals surface area contributed by atoms with Gasteiger partial charge in [-0.25, -0.2) is 0 Å². The highest BCUT2D eigenvalue weighted by Gasteiger charge is 2.17. The largest absolute Gasteiger partial charge is 0.261 e. The van der Waals surface area contributed by atoms with Crippen molar-refractivity contribution in [1.29, 1.82) is 0 Å². The lowest BCUT2D eigenvalue weighted by molar-refractivity contribution is 1.42. The highest BCUT2D eigenvalue weighted by atomic mass is 14.8. The molecule has 0 atom stereocenters. The molecular formula is C20H22N4. The third-order valence-electron chi connectivity index (χ3n) is 3.36. The molecule has 2 aromatic carbocycles. The predicted octanol–water partition coefficient (Wildman–Crippen LogP) is 6.24. The van der Waals surface area contributed by atoms with Crippen molar-refractivity contribution >= 4 is 47.6 Å². The van der Waals surface area contributed by atoms with E-state index >= 15 is 0 Å². The summed E-state index contributed by atoms with van der Waals surface area (Å²) in [6.07, 6.45) is 7.14. The number of aliphatic imine (C=N–C) groups is 4. The molecule has 0 bridgehead atoms. The van der Waals surface area contributed by atoms with Gasteiger partial charge < -0.3 is 0 Å². The monoisotopic (exact) mass is 318 g/mol. The number of rotatable bonds is 5. The second kappa shape index (κ2) is 8.67. The van der Waals surface area contributed by atoms with Crippen molar-refractivity contribution in [2.24, 2.45) is 20.0 Å². The smallest absolute Gasteiger partial charge is 0.0727 e. The molecule has 0 aliphatic carbocycles. The Bertz CT molecular complexity index is 684. The molecule has 0 saturated carbocycles. The van der Waals surface area contributed by atoms with Gasteiger partial charge in [0.05, 0.1) is 22.7 Å². The van der Waals surface area contributed by atoms with Crippen molar-refractivity contribution in [1.82, 2.24) is 0 Å². The van der Waals surface area contributed by atoms with Gasteiger partial charge in [0.2, 0.25) is 0 Å². The Morgan fingerprint density at radius 2 is 0.750 bits per heavy atom. The number of hydrogen-bond acceptors (Lipinski definition) is 4.